The molecule has 3 fully saturated rings. The minimum absolute atomic E-state index is 0. The van der Waals surface area contributed by atoms with Crippen molar-refractivity contribution in [2.45, 2.75) is 93.4 Å². The number of carbonyl (C=O) groups is 2. The van der Waals surface area contributed by atoms with Crippen LogP contribution in [0.4, 0.5) is 0 Å². The Balaban J connectivity index is 0.00000274. The van der Waals surface area contributed by atoms with Crippen molar-refractivity contribution in [1.29, 1.82) is 0 Å². The van der Waals surface area contributed by atoms with Crippen LogP contribution in [-0.4, -0.2) is 16.9 Å². The third-order valence-corrected chi connectivity index (χ3v) is 11.7. The summed E-state index contributed by atoms with van der Waals surface area (Å²) in [4.78, 5) is 25.1. The van der Waals surface area contributed by atoms with Crippen LogP contribution in [0, 0.1) is 33.0 Å². The quantitative estimate of drug-likeness (QED) is 0.451. The van der Waals surface area contributed by atoms with Gasteiger partial charge in [0.15, 0.2) is 5.78 Å². The van der Waals surface area contributed by atoms with E-state index in [0.29, 0.717) is 5.92 Å². The van der Waals surface area contributed by atoms with Gasteiger partial charge >= 0.3 is 5.97 Å². The number of ketones is 1. The molecule has 1 N–H and O–H groups in total. The molecule has 5 aliphatic rings. The minimum Gasteiger partial charge on any atom is -0.481 e. The first-order valence-electron chi connectivity index (χ1n) is 12.8. The molecule has 33 heavy (non-hydrogen) atoms. The van der Waals surface area contributed by atoms with Gasteiger partial charge in [-0.05, 0) is 116 Å². The molecule has 3 heteroatoms. The van der Waals surface area contributed by atoms with E-state index in [1.54, 1.807) is 0 Å². The van der Waals surface area contributed by atoms with E-state index in [4.69, 9.17) is 0 Å². The van der Waals surface area contributed by atoms with Crippen LogP contribution in [0.2, 0.25) is 0 Å². The molecule has 6 atom stereocenters. The fourth-order valence-electron chi connectivity index (χ4n) is 8.77. The lowest BCUT2D eigenvalue weighted by atomic mass is 9.34. The van der Waals surface area contributed by atoms with E-state index >= 15 is 0 Å². The molecule has 1 unspecified atom stereocenters. The molecule has 0 bridgehead atoms. The second-order valence-electron chi connectivity index (χ2n) is 13.2. The first-order valence-corrected chi connectivity index (χ1v) is 12.8. The summed E-state index contributed by atoms with van der Waals surface area (Å²) in [5, 5.41) is 10.1. The first kappa shape index (κ1) is 22.9. The number of aliphatic carboxylic acids is 1. The number of rotatable bonds is 1. The Kier molecular flexibility index (Phi) is 4.58. The average molecular weight is 451 g/mol. The van der Waals surface area contributed by atoms with Gasteiger partial charge in [0.1, 0.15) is 0 Å². The Morgan fingerprint density at radius 2 is 1.61 bits per heavy atom. The zero-order valence-electron chi connectivity index (χ0n) is 21.5. The predicted molar refractivity (Wildman–Crippen MR) is 134 cm³/mol. The summed E-state index contributed by atoms with van der Waals surface area (Å²) >= 11 is 0. The van der Waals surface area contributed by atoms with Crippen LogP contribution in [0.3, 0.4) is 0 Å². The second-order valence-corrected chi connectivity index (χ2v) is 13.2. The fraction of sp³-hybridized carbons (Fsp3) is 0.667. The van der Waals surface area contributed by atoms with Crippen molar-refractivity contribution < 1.29 is 16.1 Å². The van der Waals surface area contributed by atoms with Crippen LogP contribution in [0.15, 0.2) is 46.1 Å². The normalized spacial score (nSPS) is 46.8. The highest BCUT2D eigenvalue weighted by molar-refractivity contribution is 6.08. The largest absolute Gasteiger partial charge is 0.481 e. The van der Waals surface area contributed by atoms with E-state index in [0.717, 1.165) is 56.1 Å². The van der Waals surface area contributed by atoms with E-state index in [9.17, 15) is 14.7 Å². The van der Waals surface area contributed by atoms with Crippen molar-refractivity contribution in [2.75, 3.05) is 0 Å². The molecule has 3 saturated carbocycles. The molecule has 5 aliphatic carbocycles. The number of hydrogen-bond acceptors (Lipinski definition) is 2. The van der Waals surface area contributed by atoms with Crippen molar-refractivity contribution >= 4 is 11.8 Å². The third-order valence-electron chi connectivity index (χ3n) is 11.7. The van der Waals surface area contributed by atoms with Gasteiger partial charge in [0, 0.05) is 6.84 Å². The first-order chi connectivity index (χ1) is 15.2. The Morgan fingerprint density at radius 1 is 0.939 bits per heavy atom. The number of carboxylic acid groups (broad SMARTS) is 1. The fourth-order valence-corrected chi connectivity index (χ4v) is 8.77. The van der Waals surface area contributed by atoms with Gasteiger partial charge in [-0.25, -0.2) is 0 Å². The summed E-state index contributed by atoms with van der Waals surface area (Å²) in [7, 11) is 0. The number of hydrogen-bond donors (Lipinski definition) is 1. The lowest BCUT2D eigenvalue weighted by Crippen LogP contribution is -2.62. The third kappa shape index (κ3) is 2.68. The SMILES string of the molecule is CC1=C(C)C2=CC=C3[C@](C)(CC[C@]4(C)C5C[C@@](C)(C(=O)O)CC[C@@]5(C)CC[C@@]34C)C2=CC1=O.[HH]. The summed E-state index contributed by atoms with van der Waals surface area (Å²) < 4.78 is 0. The molecule has 0 aliphatic heterocycles. The molecule has 0 saturated heterocycles. The number of carbonyl (C=O) groups excluding carboxylic acids is 1. The predicted octanol–water partition coefficient (Wildman–Crippen LogP) is 7.45. The van der Waals surface area contributed by atoms with Crippen LogP contribution in [0.1, 0.15) is 94.8 Å². The van der Waals surface area contributed by atoms with Crippen molar-refractivity contribution in [3.63, 3.8) is 0 Å². The van der Waals surface area contributed by atoms with Crippen LogP contribution < -0.4 is 0 Å². The minimum atomic E-state index is -0.631. The molecule has 0 heterocycles. The topological polar surface area (TPSA) is 54.4 Å². The van der Waals surface area contributed by atoms with Gasteiger partial charge < -0.3 is 5.11 Å². The average Bonchev–Trinajstić information content (AvgIpc) is 2.75. The van der Waals surface area contributed by atoms with E-state index in [-0.39, 0.29) is 28.9 Å². The van der Waals surface area contributed by atoms with E-state index in [1.807, 2.05) is 19.9 Å². The van der Waals surface area contributed by atoms with Crippen LogP contribution in [0.25, 0.3) is 0 Å². The molecule has 5 rings (SSSR count). The van der Waals surface area contributed by atoms with Gasteiger partial charge in [-0.1, -0.05) is 45.4 Å². The highest BCUT2D eigenvalue weighted by Gasteiger charge is 2.67. The molecular weight excluding hydrogens is 408 g/mol. The molecule has 180 valence electrons. The van der Waals surface area contributed by atoms with Crippen molar-refractivity contribution in [3.8, 4) is 0 Å². The molecule has 0 aromatic carbocycles. The monoisotopic (exact) mass is 450 g/mol. The standard InChI is InChI=1S/C30H40O3.H2/c1-18-19(2)22(31)16-21-20(18)8-9-23-28(21,5)13-15-30(7)24-17-27(4,25(32)33)11-10-26(24,3)12-14-29(23,30)6;/h8-9,16,24H,10-15,17H2,1-7H3,(H,32,33);1H/t24?,26-,27-,28+,29-,30+;/m0./s1. The Labute approximate surface area is 200 Å². The van der Waals surface area contributed by atoms with E-state index in [1.165, 1.54) is 16.7 Å². The molecule has 0 aromatic rings. The molecule has 0 amide bonds. The molecular formula is C30H42O3. The highest BCUT2D eigenvalue weighted by atomic mass is 16.4. The molecule has 3 nitrogen and oxygen atoms in total. The van der Waals surface area contributed by atoms with E-state index in [2.05, 4.69) is 46.8 Å². The summed E-state index contributed by atoms with van der Waals surface area (Å²) in [6.45, 7) is 15.7. The Morgan fingerprint density at radius 3 is 2.27 bits per heavy atom. The van der Waals surface area contributed by atoms with Crippen molar-refractivity contribution in [1.82, 2.24) is 0 Å². The Hall–Kier alpha value is -1.90. The summed E-state index contributed by atoms with van der Waals surface area (Å²) in [5.74, 6) is -0.0874. The lowest BCUT2D eigenvalue weighted by Gasteiger charge is -2.70. The second kappa shape index (κ2) is 6.61. The van der Waals surface area contributed by atoms with Crippen LogP contribution in [0.5, 0.6) is 0 Å². The summed E-state index contributed by atoms with van der Waals surface area (Å²) in [6, 6.07) is 0. The Bertz CT molecular complexity index is 1110. The maximum absolute atomic E-state index is 12.8. The van der Waals surface area contributed by atoms with E-state index < -0.39 is 11.4 Å². The summed E-state index contributed by atoms with van der Waals surface area (Å²) in [5.41, 5.74) is 5.41. The van der Waals surface area contributed by atoms with Gasteiger partial charge in [-0.3, -0.25) is 9.59 Å². The van der Waals surface area contributed by atoms with Gasteiger partial charge in [-0.2, -0.15) is 0 Å². The molecule has 0 radical (unpaired) electrons. The zero-order valence-corrected chi connectivity index (χ0v) is 21.5. The number of allylic oxidation sites excluding steroid dienone is 8. The van der Waals surface area contributed by atoms with Crippen molar-refractivity contribution in [2.24, 2.45) is 33.0 Å². The van der Waals surface area contributed by atoms with Gasteiger partial charge in [0.25, 0.3) is 0 Å². The van der Waals surface area contributed by atoms with Gasteiger partial charge in [-0.15, -0.1) is 0 Å². The maximum atomic E-state index is 12.8. The van der Waals surface area contributed by atoms with Gasteiger partial charge in [0.05, 0.1) is 5.41 Å². The maximum Gasteiger partial charge on any atom is 0.309 e. The van der Waals surface area contributed by atoms with Crippen molar-refractivity contribution in [3.05, 3.63) is 46.1 Å². The van der Waals surface area contributed by atoms with Crippen LogP contribution in [-0.2, 0) is 9.59 Å². The number of carboxylic acids is 1. The lowest BCUT2D eigenvalue weighted by molar-refractivity contribution is -0.178. The highest BCUT2D eigenvalue weighted by Crippen LogP contribution is 2.75. The zero-order chi connectivity index (χ0) is 24.2. The van der Waals surface area contributed by atoms with Gasteiger partial charge in [0.2, 0.25) is 0 Å². The number of fused-ring (bicyclic) bond motifs is 7. The smallest absolute Gasteiger partial charge is 0.309 e. The molecule has 0 spiro atoms. The molecule has 0 aromatic heterocycles. The van der Waals surface area contributed by atoms with Crippen LogP contribution >= 0.6 is 0 Å². The summed E-state index contributed by atoms with van der Waals surface area (Å²) in [6.07, 6.45) is 13.5.